The van der Waals surface area contributed by atoms with Gasteiger partial charge in [-0.1, -0.05) is 330 Å². The van der Waals surface area contributed by atoms with Gasteiger partial charge in [0, 0.05) is 6.42 Å². The maximum Gasteiger partial charge on any atom is 0.306 e. The molecule has 0 saturated carbocycles. The van der Waals surface area contributed by atoms with E-state index < -0.39 is 67.4 Å². The predicted molar refractivity (Wildman–Crippen MR) is 389 cm³/mol. The second kappa shape index (κ2) is 67.6. The number of esters is 1. The third-order valence-corrected chi connectivity index (χ3v) is 17.7. The Morgan fingerprint density at radius 1 is 0.435 bits per heavy atom. The van der Waals surface area contributed by atoms with Crippen molar-refractivity contribution < 1.29 is 49.3 Å². The van der Waals surface area contributed by atoms with E-state index in [9.17, 15) is 35.1 Å². The molecule has 1 amide bonds. The van der Waals surface area contributed by atoms with Gasteiger partial charge in [-0.05, 0) is 103 Å². The summed E-state index contributed by atoms with van der Waals surface area (Å²) in [4.78, 5) is 26.8. The molecule has 0 bridgehead atoms. The topological polar surface area (TPSA) is 175 Å². The Kier molecular flexibility index (Phi) is 63.6. The van der Waals surface area contributed by atoms with Crippen molar-refractivity contribution in [3.8, 4) is 0 Å². The maximum atomic E-state index is 13.5. The first-order chi connectivity index (χ1) is 45.2. The van der Waals surface area contributed by atoms with Gasteiger partial charge < -0.3 is 45.1 Å². The number of nitrogens with one attached hydrogen (secondary N) is 1. The van der Waals surface area contributed by atoms with Gasteiger partial charge in [-0.2, -0.15) is 0 Å². The van der Waals surface area contributed by atoms with Crippen LogP contribution in [0.5, 0.6) is 0 Å². The molecule has 1 rings (SSSR count). The molecule has 0 aromatic rings. The quantitative estimate of drug-likeness (QED) is 0.0195. The number of allylic oxidation sites excluding steroid dienone is 15. The summed E-state index contributed by atoms with van der Waals surface area (Å²) < 4.78 is 17.7. The van der Waals surface area contributed by atoms with Gasteiger partial charge in [-0.15, -0.1) is 0 Å². The maximum absolute atomic E-state index is 13.5. The smallest absolute Gasteiger partial charge is 0.306 e. The average molecular weight is 1290 g/mol. The highest BCUT2D eigenvalue weighted by Crippen LogP contribution is 2.26. The Hall–Kier alpha value is -3.42. The molecule has 1 aliphatic heterocycles. The highest BCUT2D eigenvalue weighted by Gasteiger charge is 2.47. The van der Waals surface area contributed by atoms with Crippen LogP contribution >= 0.6 is 0 Å². The Labute approximate surface area is 565 Å². The normalized spacial score (nSPS) is 18.5. The van der Waals surface area contributed by atoms with Crippen LogP contribution in [0.15, 0.2) is 97.2 Å². The summed E-state index contributed by atoms with van der Waals surface area (Å²) in [6.07, 6.45) is 81.6. The van der Waals surface area contributed by atoms with E-state index in [-0.39, 0.29) is 19.4 Å². The van der Waals surface area contributed by atoms with E-state index in [1.165, 1.54) is 193 Å². The number of unbranched alkanes of at least 4 members (excludes halogenated alkanes) is 38. The first-order valence-electron chi connectivity index (χ1n) is 38.5. The highest BCUT2D eigenvalue weighted by atomic mass is 16.7. The van der Waals surface area contributed by atoms with Crippen molar-refractivity contribution in [1.82, 2.24) is 5.32 Å². The summed E-state index contributed by atoms with van der Waals surface area (Å²) in [5.41, 5.74) is 0. The van der Waals surface area contributed by atoms with Crippen molar-refractivity contribution in [1.29, 1.82) is 0 Å². The van der Waals surface area contributed by atoms with Crippen molar-refractivity contribution in [2.24, 2.45) is 0 Å². The van der Waals surface area contributed by atoms with Gasteiger partial charge in [-0.3, -0.25) is 9.59 Å². The van der Waals surface area contributed by atoms with E-state index in [1.807, 2.05) is 6.08 Å². The van der Waals surface area contributed by atoms with Gasteiger partial charge in [0.1, 0.15) is 24.4 Å². The van der Waals surface area contributed by atoms with Gasteiger partial charge in [0.05, 0.1) is 25.4 Å². The highest BCUT2D eigenvalue weighted by molar-refractivity contribution is 5.80. The van der Waals surface area contributed by atoms with Gasteiger partial charge in [0.2, 0.25) is 5.91 Å². The summed E-state index contributed by atoms with van der Waals surface area (Å²) in [7, 11) is 0. The van der Waals surface area contributed by atoms with E-state index in [2.05, 4.69) is 111 Å². The van der Waals surface area contributed by atoms with Crippen LogP contribution in [-0.4, -0.2) is 99.6 Å². The van der Waals surface area contributed by atoms with E-state index in [4.69, 9.17) is 14.2 Å². The van der Waals surface area contributed by atoms with E-state index in [0.717, 1.165) is 103 Å². The zero-order valence-electron chi connectivity index (χ0n) is 59.4. The minimum Gasteiger partial charge on any atom is -0.454 e. The van der Waals surface area contributed by atoms with Crippen LogP contribution in [0.2, 0.25) is 0 Å². The molecular formula is C81H143NO10. The molecule has 1 heterocycles. The third kappa shape index (κ3) is 53.8. The predicted octanol–water partition coefficient (Wildman–Crippen LogP) is 20.6. The molecule has 0 aromatic heterocycles. The van der Waals surface area contributed by atoms with Gasteiger partial charge in [0.25, 0.3) is 0 Å². The molecule has 6 N–H and O–H groups in total. The number of aliphatic hydroxyl groups is 5. The summed E-state index contributed by atoms with van der Waals surface area (Å²) in [5.74, 6) is -1.19. The lowest BCUT2D eigenvalue weighted by atomic mass is 9.99. The molecule has 11 heteroatoms. The second-order valence-electron chi connectivity index (χ2n) is 26.4. The fourth-order valence-corrected chi connectivity index (χ4v) is 11.7. The molecule has 11 nitrogen and oxygen atoms in total. The Morgan fingerprint density at radius 2 is 0.783 bits per heavy atom. The summed E-state index contributed by atoms with van der Waals surface area (Å²) in [5, 5.41) is 57.4. The monoisotopic (exact) mass is 1290 g/mol. The molecule has 1 saturated heterocycles. The SMILES string of the molecule is CC/C=C\C/C=C\C/C=C\C/C=C\C/C=C\CCCCCCCCCCCCCC(=O)OC1C(OCC(NC(=O)C(O)CCCCCCCCCCCCCCCC/C=C\C/C=C\CCCCC)C(O)/C=C/CCCCCCCCCCCC)OC(CO)C(O)C1O. The minimum absolute atomic E-state index is 0.117. The van der Waals surface area contributed by atoms with Crippen molar-refractivity contribution in [3.63, 3.8) is 0 Å². The van der Waals surface area contributed by atoms with Crippen molar-refractivity contribution >= 4 is 11.9 Å². The second-order valence-corrected chi connectivity index (χ2v) is 26.4. The number of ether oxygens (including phenoxy) is 3. The number of amides is 1. The first-order valence-corrected chi connectivity index (χ1v) is 38.5. The zero-order valence-corrected chi connectivity index (χ0v) is 59.4. The van der Waals surface area contributed by atoms with Gasteiger partial charge >= 0.3 is 5.97 Å². The molecule has 1 aliphatic rings. The summed E-state index contributed by atoms with van der Waals surface area (Å²) in [6.45, 7) is 5.69. The molecule has 532 valence electrons. The van der Waals surface area contributed by atoms with Crippen LogP contribution in [0.1, 0.15) is 342 Å². The molecule has 8 atom stereocenters. The largest absolute Gasteiger partial charge is 0.454 e. The van der Waals surface area contributed by atoms with Crippen LogP contribution in [0.3, 0.4) is 0 Å². The van der Waals surface area contributed by atoms with Crippen LogP contribution in [0, 0.1) is 0 Å². The van der Waals surface area contributed by atoms with Crippen LogP contribution in [-0.2, 0) is 23.8 Å². The standard InChI is InChI=1S/C81H143NO10/c1-4-7-10-13-16-19-22-25-27-29-31-33-35-37-38-39-41-43-45-47-49-51-54-57-60-63-66-69-76(86)92-79-78(88)77(87)75(70-83)91-81(79)90-71-72(73(84)67-64-61-58-55-52-24-21-18-15-12-9-6-3)82-80(89)74(85)68-65-62-59-56-53-50-48-46-44-42-40-36-34-32-30-28-26-23-20-17-14-11-8-5-2/h7,10,16-17,19-20,25-28,31,33,37-38,64,67,72-75,77-79,81,83-85,87-88H,4-6,8-9,11-15,18,21-24,29-30,32,34-36,39-63,65-66,68-71H2,1-3H3,(H,82,89)/b10-7-,19-16-,20-17-,27-25-,28-26-,33-31-,38-37-,67-64+. The molecule has 0 aromatic carbocycles. The van der Waals surface area contributed by atoms with E-state index in [0.29, 0.717) is 12.8 Å². The molecule has 0 spiro atoms. The Morgan fingerprint density at radius 3 is 1.20 bits per heavy atom. The van der Waals surface area contributed by atoms with Crippen LogP contribution in [0.25, 0.3) is 0 Å². The molecule has 0 radical (unpaired) electrons. The van der Waals surface area contributed by atoms with E-state index in [1.54, 1.807) is 6.08 Å². The fraction of sp³-hybridized carbons (Fsp3) is 0.778. The number of hydrogen-bond acceptors (Lipinski definition) is 10. The number of aliphatic hydroxyl groups excluding tert-OH is 5. The number of carbonyl (C=O) groups excluding carboxylic acids is 2. The lowest BCUT2D eigenvalue weighted by Gasteiger charge is -2.41. The van der Waals surface area contributed by atoms with Crippen molar-refractivity contribution in [2.75, 3.05) is 13.2 Å². The lowest BCUT2D eigenvalue weighted by Crippen LogP contribution is -2.61. The Bertz CT molecular complexity index is 1870. The van der Waals surface area contributed by atoms with Crippen LogP contribution in [0.4, 0.5) is 0 Å². The van der Waals surface area contributed by atoms with E-state index >= 15 is 0 Å². The molecular weight excluding hydrogens is 1150 g/mol. The number of rotatable bonds is 66. The Balaban J connectivity index is 2.52. The fourth-order valence-electron chi connectivity index (χ4n) is 11.7. The van der Waals surface area contributed by atoms with Gasteiger partial charge in [0.15, 0.2) is 12.4 Å². The summed E-state index contributed by atoms with van der Waals surface area (Å²) >= 11 is 0. The number of hydrogen-bond donors (Lipinski definition) is 6. The summed E-state index contributed by atoms with van der Waals surface area (Å²) in [6, 6.07) is -1.03. The first kappa shape index (κ1) is 86.6. The van der Waals surface area contributed by atoms with Crippen molar-refractivity contribution in [3.05, 3.63) is 97.2 Å². The lowest BCUT2D eigenvalue weighted by molar-refractivity contribution is -0.305. The zero-order chi connectivity index (χ0) is 66.7. The van der Waals surface area contributed by atoms with Gasteiger partial charge in [-0.25, -0.2) is 0 Å². The van der Waals surface area contributed by atoms with Crippen molar-refractivity contribution in [2.45, 2.75) is 391 Å². The number of carbonyl (C=O) groups is 2. The molecule has 8 unspecified atom stereocenters. The third-order valence-electron chi connectivity index (χ3n) is 17.7. The van der Waals surface area contributed by atoms with Crippen LogP contribution < -0.4 is 5.32 Å². The molecule has 0 aliphatic carbocycles. The molecule has 92 heavy (non-hydrogen) atoms. The average Bonchev–Trinajstić information content (AvgIpc) is 0.875. The minimum atomic E-state index is -1.62. The molecule has 1 fully saturated rings.